The van der Waals surface area contributed by atoms with Crippen molar-refractivity contribution in [2.75, 3.05) is 0 Å². The molecule has 1 aromatic carbocycles. The molecule has 92 valence electrons. The fourth-order valence-corrected chi connectivity index (χ4v) is 2.67. The molecule has 2 aromatic rings. The first-order valence-electron chi connectivity index (χ1n) is 6.48. The Labute approximate surface area is 106 Å². The summed E-state index contributed by atoms with van der Waals surface area (Å²) in [5.74, 6) is 0. The van der Waals surface area contributed by atoms with Gasteiger partial charge < -0.3 is 0 Å². The first-order chi connectivity index (χ1) is 8.88. The van der Waals surface area contributed by atoms with Crippen molar-refractivity contribution in [2.45, 2.75) is 31.7 Å². The van der Waals surface area contributed by atoms with E-state index in [0.29, 0.717) is 11.6 Å². The number of aromatic nitrogens is 2. The average Bonchev–Trinajstić information content (AvgIpc) is 3.08. The number of rotatable bonds is 3. The molecule has 1 fully saturated rings. The summed E-state index contributed by atoms with van der Waals surface area (Å²) in [7, 11) is 0. The first kappa shape index (κ1) is 11.2. The number of carbonyl (C=O) groups excluding carboxylic acids is 1. The number of hydrogen-bond donors (Lipinski definition) is 0. The van der Waals surface area contributed by atoms with E-state index in [1.807, 2.05) is 41.2 Å². The lowest BCUT2D eigenvalue weighted by Gasteiger charge is -2.08. The lowest BCUT2D eigenvalue weighted by atomic mass is 10.1. The summed E-state index contributed by atoms with van der Waals surface area (Å²) in [6.45, 7) is 0. The maximum absolute atomic E-state index is 11.2. The van der Waals surface area contributed by atoms with Crippen LogP contribution in [-0.4, -0.2) is 16.1 Å². The Balaban J connectivity index is 2.01. The molecular formula is C15H16N2O. The van der Waals surface area contributed by atoms with Crippen molar-refractivity contribution in [3.05, 3.63) is 42.1 Å². The van der Waals surface area contributed by atoms with Crippen LogP contribution in [0.1, 0.15) is 42.1 Å². The monoisotopic (exact) mass is 240 g/mol. The number of carbonyl (C=O) groups is 1. The Bertz CT molecular complexity index is 539. The molecule has 3 rings (SSSR count). The minimum atomic E-state index is 0.473. The molecule has 1 aromatic heterocycles. The van der Waals surface area contributed by atoms with Crippen LogP contribution in [-0.2, 0) is 0 Å². The van der Waals surface area contributed by atoms with E-state index in [1.54, 1.807) is 0 Å². The lowest BCUT2D eigenvalue weighted by Crippen LogP contribution is -2.04. The summed E-state index contributed by atoms with van der Waals surface area (Å²) in [6.07, 6.45) is 7.68. The van der Waals surface area contributed by atoms with E-state index in [2.05, 4.69) is 5.10 Å². The van der Waals surface area contributed by atoms with Gasteiger partial charge in [0.1, 0.15) is 5.69 Å². The smallest absolute Gasteiger partial charge is 0.153 e. The molecule has 3 nitrogen and oxygen atoms in total. The van der Waals surface area contributed by atoms with Crippen LogP contribution in [0.2, 0.25) is 0 Å². The average molecular weight is 240 g/mol. The second kappa shape index (κ2) is 4.77. The number of hydrogen-bond acceptors (Lipinski definition) is 2. The molecule has 0 radical (unpaired) electrons. The Morgan fingerprint density at radius 3 is 2.56 bits per heavy atom. The molecule has 1 saturated carbocycles. The normalized spacial score (nSPS) is 16.0. The zero-order valence-corrected chi connectivity index (χ0v) is 10.2. The molecule has 1 aliphatic rings. The van der Waals surface area contributed by atoms with Crippen LogP contribution < -0.4 is 0 Å². The van der Waals surface area contributed by atoms with Crippen LogP contribution in [0.15, 0.2) is 36.5 Å². The third-order valence-electron chi connectivity index (χ3n) is 3.63. The van der Waals surface area contributed by atoms with Crippen LogP contribution in [0.5, 0.6) is 0 Å². The second-order valence-corrected chi connectivity index (χ2v) is 4.84. The second-order valence-electron chi connectivity index (χ2n) is 4.84. The van der Waals surface area contributed by atoms with Gasteiger partial charge in [-0.25, -0.2) is 0 Å². The van der Waals surface area contributed by atoms with Gasteiger partial charge >= 0.3 is 0 Å². The number of benzene rings is 1. The summed E-state index contributed by atoms with van der Waals surface area (Å²) in [4.78, 5) is 11.2. The maximum atomic E-state index is 11.2. The largest absolute Gasteiger partial charge is 0.298 e. The van der Waals surface area contributed by atoms with E-state index in [9.17, 15) is 4.79 Å². The summed E-state index contributed by atoms with van der Waals surface area (Å²) in [5.41, 5.74) is 2.50. The predicted octanol–water partition coefficient (Wildman–Crippen LogP) is 3.48. The first-order valence-corrected chi connectivity index (χ1v) is 6.48. The molecule has 0 bridgehead atoms. The fraction of sp³-hybridized carbons (Fsp3) is 0.333. The molecule has 1 aliphatic carbocycles. The van der Waals surface area contributed by atoms with Crippen molar-refractivity contribution in [1.29, 1.82) is 0 Å². The third kappa shape index (κ3) is 1.96. The van der Waals surface area contributed by atoms with Crippen LogP contribution in [0.25, 0.3) is 11.3 Å². The zero-order valence-electron chi connectivity index (χ0n) is 10.2. The zero-order chi connectivity index (χ0) is 12.4. The molecule has 0 saturated heterocycles. The van der Waals surface area contributed by atoms with Crippen LogP contribution in [0.3, 0.4) is 0 Å². The van der Waals surface area contributed by atoms with E-state index < -0.39 is 0 Å². The topological polar surface area (TPSA) is 34.9 Å². The van der Waals surface area contributed by atoms with Crippen molar-refractivity contribution in [1.82, 2.24) is 9.78 Å². The van der Waals surface area contributed by atoms with Crippen molar-refractivity contribution >= 4 is 6.29 Å². The molecule has 18 heavy (non-hydrogen) atoms. The Kier molecular flexibility index (Phi) is 2.97. The van der Waals surface area contributed by atoms with E-state index in [1.165, 1.54) is 25.7 Å². The highest BCUT2D eigenvalue weighted by Crippen LogP contribution is 2.31. The van der Waals surface area contributed by atoms with Gasteiger partial charge in [0.05, 0.1) is 11.6 Å². The summed E-state index contributed by atoms with van der Waals surface area (Å²) in [6, 6.07) is 10.4. The van der Waals surface area contributed by atoms with Crippen LogP contribution in [0, 0.1) is 0 Å². The van der Waals surface area contributed by atoms with Gasteiger partial charge in [-0.1, -0.05) is 43.2 Å². The van der Waals surface area contributed by atoms with Gasteiger partial charge in [-0.2, -0.15) is 5.10 Å². The fourth-order valence-electron chi connectivity index (χ4n) is 2.67. The molecule has 0 N–H and O–H groups in total. The van der Waals surface area contributed by atoms with Gasteiger partial charge in [-0.3, -0.25) is 9.48 Å². The Morgan fingerprint density at radius 2 is 1.89 bits per heavy atom. The standard InChI is InChI=1S/C15H16N2O/c18-11-13-10-17(14-8-4-5-9-14)16-15(13)12-6-2-1-3-7-12/h1-3,6-7,10-11,14H,4-5,8-9H2. The molecule has 0 aliphatic heterocycles. The quantitative estimate of drug-likeness (QED) is 0.770. The Hall–Kier alpha value is -1.90. The van der Waals surface area contributed by atoms with Crippen LogP contribution in [0.4, 0.5) is 0 Å². The molecular weight excluding hydrogens is 224 g/mol. The molecule has 1 heterocycles. The molecule has 3 heteroatoms. The lowest BCUT2D eigenvalue weighted by molar-refractivity contribution is 0.112. The summed E-state index contributed by atoms with van der Waals surface area (Å²) >= 11 is 0. The van der Waals surface area contributed by atoms with Crippen molar-refractivity contribution < 1.29 is 4.79 Å². The number of nitrogens with zero attached hydrogens (tertiary/aromatic N) is 2. The van der Waals surface area contributed by atoms with Gasteiger partial charge in [-0.15, -0.1) is 0 Å². The van der Waals surface area contributed by atoms with Gasteiger partial charge in [0.15, 0.2) is 6.29 Å². The van der Waals surface area contributed by atoms with Crippen molar-refractivity contribution in [3.63, 3.8) is 0 Å². The van der Waals surface area contributed by atoms with Crippen molar-refractivity contribution in [2.24, 2.45) is 0 Å². The molecule has 0 atom stereocenters. The minimum Gasteiger partial charge on any atom is -0.298 e. The van der Waals surface area contributed by atoms with Gasteiger partial charge in [0.2, 0.25) is 0 Å². The van der Waals surface area contributed by atoms with Crippen LogP contribution >= 0.6 is 0 Å². The predicted molar refractivity (Wildman–Crippen MR) is 70.6 cm³/mol. The van der Waals surface area contributed by atoms with Gasteiger partial charge in [0, 0.05) is 11.8 Å². The molecule has 0 unspecified atom stereocenters. The minimum absolute atomic E-state index is 0.473. The van der Waals surface area contributed by atoms with Gasteiger partial charge in [0.25, 0.3) is 0 Å². The van der Waals surface area contributed by atoms with Gasteiger partial charge in [-0.05, 0) is 12.8 Å². The van der Waals surface area contributed by atoms with Crippen molar-refractivity contribution in [3.8, 4) is 11.3 Å². The van der Waals surface area contributed by atoms with E-state index in [0.717, 1.165) is 17.5 Å². The maximum Gasteiger partial charge on any atom is 0.153 e. The van der Waals surface area contributed by atoms with E-state index in [-0.39, 0.29) is 0 Å². The highest BCUT2D eigenvalue weighted by Gasteiger charge is 2.20. The SMILES string of the molecule is O=Cc1cn(C2CCCC2)nc1-c1ccccc1. The Morgan fingerprint density at radius 1 is 1.17 bits per heavy atom. The summed E-state index contributed by atoms with van der Waals surface area (Å²) in [5, 5.41) is 4.62. The number of aldehydes is 1. The van der Waals surface area contributed by atoms with E-state index in [4.69, 9.17) is 0 Å². The highest BCUT2D eigenvalue weighted by molar-refractivity contribution is 5.85. The molecule has 0 amide bonds. The highest BCUT2D eigenvalue weighted by atomic mass is 16.1. The van der Waals surface area contributed by atoms with E-state index >= 15 is 0 Å². The molecule has 0 spiro atoms. The third-order valence-corrected chi connectivity index (χ3v) is 3.63. The summed E-state index contributed by atoms with van der Waals surface area (Å²) < 4.78 is 1.99.